The molecule has 1 aromatic rings. The minimum absolute atomic E-state index is 0.275. The van der Waals surface area contributed by atoms with Crippen molar-refractivity contribution in [3.63, 3.8) is 0 Å². The van der Waals surface area contributed by atoms with Crippen molar-refractivity contribution in [1.29, 1.82) is 0 Å². The van der Waals surface area contributed by atoms with Gasteiger partial charge in [-0.3, -0.25) is 18.9 Å². The largest absolute Gasteiger partial charge is 0.490 e. The van der Waals surface area contributed by atoms with E-state index in [1.54, 1.807) is 0 Å². The number of aromatic amines is 1. The highest BCUT2D eigenvalue weighted by molar-refractivity contribution is 7.66. The Balaban J connectivity index is 1.75. The van der Waals surface area contributed by atoms with E-state index in [4.69, 9.17) is 14.5 Å². The molecule has 0 bridgehead atoms. The van der Waals surface area contributed by atoms with Crippen LogP contribution in [0.5, 0.6) is 0 Å². The van der Waals surface area contributed by atoms with Crippen molar-refractivity contribution in [2.24, 2.45) is 0 Å². The van der Waals surface area contributed by atoms with Crippen molar-refractivity contribution in [3.8, 4) is 0 Å². The van der Waals surface area contributed by atoms with Gasteiger partial charge in [0.2, 0.25) is 0 Å². The fraction of sp³-hybridized carbons (Fsp3) is 0.733. The average Bonchev–Trinajstić information content (AvgIpc) is 3.23. The maximum atomic E-state index is 12.4. The second-order valence-electron chi connectivity index (χ2n) is 8.41. The zero-order valence-electron chi connectivity index (χ0n) is 18.1. The Bertz CT molecular complexity index is 1200. The predicted octanol–water partition coefficient (Wildman–Crippen LogP) is -0.669. The standard InChI is InChI=1S/C15H25N2O15P3/c1-15(4-2-3-5-15)8-6-17(14(21)16-12(8)20)13-11(19)10(18)9(30-13)7-29-34(25,26)32-35(27,28)31-33(22,23)24/h6,9-11,13,18-19H,2-5,7H2,1H3,(H,25,26)(H,27,28)(H,16,20,21)(H2,22,23,24)/t9-,10+,11?,13-/m1/s1. The molecule has 6 atom stereocenters. The van der Waals surface area contributed by atoms with Crippen LogP contribution in [-0.4, -0.2) is 64.3 Å². The highest BCUT2D eigenvalue weighted by Gasteiger charge is 2.47. The molecule has 0 radical (unpaired) electrons. The summed E-state index contributed by atoms with van der Waals surface area (Å²) >= 11 is 0. The summed E-state index contributed by atoms with van der Waals surface area (Å²) in [7, 11) is -16.8. The van der Waals surface area contributed by atoms with Gasteiger partial charge in [-0.25, -0.2) is 18.5 Å². The van der Waals surface area contributed by atoms with Crippen molar-refractivity contribution >= 4 is 23.5 Å². The van der Waals surface area contributed by atoms with Crippen LogP contribution in [-0.2, 0) is 37.0 Å². The molecule has 35 heavy (non-hydrogen) atoms. The van der Waals surface area contributed by atoms with E-state index in [1.165, 1.54) is 6.20 Å². The van der Waals surface area contributed by atoms with Crippen LogP contribution in [0.2, 0.25) is 0 Å². The van der Waals surface area contributed by atoms with Crippen LogP contribution in [0.25, 0.3) is 0 Å². The van der Waals surface area contributed by atoms with Crippen molar-refractivity contribution in [2.75, 3.05) is 6.61 Å². The van der Waals surface area contributed by atoms with Crippen LogP contribution >= 0.6 is 23.5 Å². The molecule has 1 aliphatic carbocycles. The van der Waals surface area contributed by atoms with Gasteiger partial charge >= 0.3 is 29.2 Å². The quantitative estimate of drug-likeness (QED) is 0.183. The number of nitrogens with one attached hydrogen (secondary N) is 1. The number of aliphatic hydroxyl groups is 2. The molecule has 200 valence electrons. The number of hydrogen-bond acceptors (Lipinski definition) is 11. The van der Waals surface area contributed by atoms with E-state index in [2.05, 4.69) is 18.1 Å². The Kier molecular flexibility index (Phi) is 8.18. The predicted molar refractivity (Wildman–Crippen MR) is 113 cm³/mol. The van der Waals surface area contributed by atoms with Crippen LogP contribution in [0.3, 0.4) is 0 Å². The summed E-state index contributed by atoms with van der Waals surface area (Å²) in [4.78, 5) is 62.7. The van der Waals surface area contributed by atoms with Crippen LogP contribution in [0, 0.1) is 0 Å². The van der Waals surface area contributed by atoms with Gasteiger partial charge in [0.05, 0.1) is 6.61 Å². The third-order valence-corrected chi connectivity index (χ3v) is 9.56. The van der Waals surface area contributed by atoms with Gasteiger partial charge in [0.15, 0.2) is 6.23 Å². The monoisotopic (exact) mass is 566 g/mol. The molecule has 2 aliphatic rings. The molecule has 0 aromatic carbocycles. The second-order valence-corrected chi connectivity index (χ2v) is 12.8. The topological polar surface area (TPSA) is 264 Å². The van der Waals surface area contributed by atoms with E-state index in [0.717, 1.165) is 17.4 Å². The number of aromatic nitrogens is 2. The molecular weight excluding hydrogens is 541 g/mol. The minimum atomic E-state index is -5.75. The van der Waals surface area contributed by atoms with Gasteiger partial charge in [-0.2, -0.15) is 8.62 Å². The highest BCUT2D eigenvalue weighted by Crippen LogP contribution is 2.66. The Labute approximate surface area is 196 Å². The molecule has 2 fully saturated rings. The number of ether oxygens (including phenoxy) is 1. The summed E-state index contributed by atoms with van der Waals surface area (Å²) in [6, 6.07) is 0. The molecule has 20 heteroatoms. The van der Waals surface area contributed by atoms with Gasteiger partial charge in [-0.15, -0.1) is 0 Å². The summed E-state index contributed by atoms with van der Waals surface area (Å²) in [5.74, 6) is 0. The van der Waals surface area contributed by atoms with Gasteiger partial charge in [0, 0.05) is 11.8 Å². The number of phosphoric acid groups is 3. The van der Waals surface area contributed by atoms with Crippen LogP contribution < -0.4 is 11.2 Å². The minimum Gasteiger partial charge on any atom is -0.387 e. The first-order chi connectivity index (χ1) is 15.9. The van der Waals surface area contributed by atoms with Crippen LogP contribution in [0.4, 0.5) is 0 Å². The Morgan fingerprint density at radius 1 is 1.06 bits per heavy atom. The van der Waals surface area contributed by atoms with E-state index in [-0.39, 0.29) is 5.56 Å². The Morgan fingerprint density at radius 3 is 2.23 bits per heavy atom. The number of phosphoric ester groups is 1. The summed E-state index contributed by atoms with van der Waals surface area (Å²) in [5.41, 5.74) is -1.81. The van der Waals surface area contributed by atoms with E-state index < -0.39 is 71.3 Å². The third-order valence-electron chi connectivity index (χ3n) is 5.75. The summed E-state index contributed by atoms with van der Waals surface area (Å²) in [6.45, 7) is 0.812. The van der Waals surface area contributed by atoms with Gasteiger partial charge in [0.1, 0.15) is 18.3 Å². The molecule has 1 aromatic heterocycles. The molecule has 17 nitrogen and oxygen atoms in total. The van der Waals surface area contributed by atoms with Gasteiger partial charge < -0.3 is 34.5 Å². The van der Waals surface area contributed by atoms with Crippen molar-refractivity contribution in [2.45, 2.75) is 62.6 Å². The van der Waals surface area contributed by atoms with Crippen LogP contribution in [0.1, 0.15) is 44.4 Å². The number of H-pyrrole nitrogens is 1. The normalized spacial score (nSPS) is 30.1. The van der Waals surface area contributed by atoms with Gasteiger partial charge in [0.25, 0.3) is 5.56 Å². The molecular formula is C15H25N2O15P3. The second kappa shape index (κ2) is 10.0. The van der Waals surface area contributed by atoms with E-state index in [9.17, 15) is 43.3 Å². The molecule has 1 saturated carbocycles. The molecule has 1 aliphatic heterocycles. The first-order valence-corrected chi connectivity index (χ1v) is 14.6. The van der Waals surface area contributed by atoms with Crippen molar-refractivity contribution < 1.29 is 61.4 Å². The van der Waals surface area contributed by atoms with Crippen LogP contribution in [0.15, 0.2) is 15.8 Å². The maximum absolute atomic E-state index is 12.4. The molecule has 1 saturated heterocycles. The SMILES string of the molecule is CC1(c2cn([C@@H]3O[C@H](COP(=O)(O)OP(=O)(O)OP(=O)(O)O)[C@H](O)C3O)c(=O)[nH]c2=O)CCCC1. The molecule has 3 unspecified atom stereocenters. The summed E-state index contributed by atoms with van der Waals surface area (Å²) in [6.07, 6.45) is -2.34. The number of nitrogens with zero attached hydrogens (tertiary/aromatic N) is 1. The van der Waals surface area contributed by atoms with Crippen molar-refractivity contribution in [3.05, 3.63) is 32.6 Å². The highest BCUT2D eigenvalue weighted by atomic mass is 31.3. The third kappa shape index (κ3) is 6.84. The summed E-state index contributed by atoms with van der Waals surface area (Å²) in [5, 5.41) is 20.7. The van der Waals surface area contributed by atoms with E-state index in [0.29, 0.717) is 12.8 Å². The molecule has 7 N–H and O–H groups in total. The number of aliphatic hydroxyl groups excluding tert-OH is 2. The lowest BCUT2D eigenvalue weighted by Crippen LogP contribution is -2.41. The van der Waals surface area contributed by atoms with Crippen molar-refractivity contribution in [1.82, 2.24) is 9.55 Å². The Morgan fingerprint density at radius 2 is 1.66 bits per heavy atom. The number of hydrogen-bond donors (Lipinski definition) is 7. The fourth-order valence-electron chi connectivity index (χ4n) is 4.10. The fourth-order valence-corrected chi connectivity index (χ4v) is 7.13. The van der Waals surface area contributed by atoms with E-state index >= 15 is 0 Å². The van der Waals surface area contributed by atoms with Gasteiger partial charge in [-0.1, -0.05) is 19.8 Å². The lowest BCUT2D eigenvalue weighted by atomic mass is 9.82. The lowest BCUT2D eigenvalue weighted by molar-refractivity contribution is -0.0544. The zero-order chi connectivity index (χ0) is 26.4. The number of rotatable bonds is 9. The first kappa shape index (κ1) is 28.5. The smallest absolute Gasteiger partial charge is 0.387 e. The first-order valence-electron chi connectivity index (χ1n) is 10.1. The molecule has 2 heterocycles. The lowest BCUT2D eigenvalue weighted by Gasteiger charge is -2.25. The maximum Gasteiger partial charge on any atom is 0.490 e. The average molecular weight is 566 g/mol. The Hall–Kier alpha value is -1.03. The molecule has 0 amide bonds. The zero-order valence-corrected chi connectivity index (χ0v) is 20.8. The van der Waals surface area contributed by atoms with Gasteiger partial charge in [-0.05, 0) is 18.3 Å². The molecule has 0 spiro atoms. The molecule has 3 rings (SSSR count). The summed E-state index contributed by atoms with van der Waals surface area (Å²) < 4.78 is 51.8. The van der Waals surface area contributed by atoms with E-state index in [1.807, 2.05) is 6.92 Å².